The van der Waals surface area contributed by atoms with Gasteiger partial charge in [0.25, 0.3) is 0 Å². The van der Waals surface area contributed by atoms with Gasteiger partial charge in [0.15, 0.2) is 6.29 Å². The average Bonchev–Trinajstić information content (AvgIpc) is 3.56. The van der Waals surface area contributed by atoms with Gasteiger partial charge in [0, 0.05) is 43.6 Å². The molecule has 0 saturated carbocycles. The molecule has 2 heterocycles. The summed E-state index contributed by atoms with van der Waals surface area (Å²) < 4.78 is 0. The average molecular weight is 467 g/mol. The first-order valence-electron chi connectivity index (χ1n) is 11.7. The van der Waals surface area contributed by atoms with Crippen LogP contribution in [0.3, 0.4) is 0 Å². The van der Waals surface area contributed by atoms with Crippen LogP contribution in [0, 0.1) is 0 Å². The number of rotatable bonds is 9. The third-order valence-corrected chi connectivity index (χ3v) is 5.74. The first kappa shape index (κ1) is 24.2. The van der Waals surface area contributed by atoms with E-state index in [2.05, 4.69) is 59.9 Å². The molecule has 2 fully saturated rings. The van der Waals surface area contributed by atoms with E-state index in [0.29, 0.717) is 5.69 Å². The zero-order valence-electron chi connectivity index (χ0n) is 19.6. The molecule has 0 aromatic heterocycles. The maximum atomic E-state index is 12.4. The van der Waals surface area contributed by atoms with Gasteiger partial charge in [-0.3, -0.25) is 21.3 Å². The summed E-state index contributed by atoms with van der Waals surface area (Å²) in [7, 11) is 0. The third-order valence-electron chi connectivity index (χ3n) is 5.74. The zero-order valence-corrected chi connectivity index (χ0v) is 19.6. The molecule has 34 heavy (non-hydrogen) atoms. The van der Waals surface area contributed by atoms with Crippen molar-refractivity contribution < 1.29 is 4.79 Å². The standard InChI is InChI=1S/C23H34N10O/c1-15(30-32-21-24-11-12-25-21)17-3-7-19(8-4-17)28-23(34)29-20-9-5-18(6-10-20)16(2)31-33-22-26-13-14-27-22/h3-10,15-16,21-22,24-27,30,32H,11-14H2,1-2H3,(H2,28,29,34). The lowest BCUT2D eigenvalue weighted by Gasteiger charge is -2.20. The Kier molecular flexibility index (Phi) is 8.52. The lowest BCUT2D eigenvalue weighted by Crippen LogP contribution is -2.52. The minimum Gasteiger partial charge on any atom is -0.308 e. The quantitative estimate of drug-likeness (QED) is 0.209. The van der Waals surface area contributed by atoms with Crippen molar-refractivity contribution in [3.8, 4) is 0 Å². The van der Waals surface area contributed by atoms with E-state index >= 15 is 0 Å². The molecule has 2 unspecified atom stereocenters. The molecule has 2 saturated heterocycles. The number of hydrogen-bond donors (Lipinski definition) is 8. The largest absolute Gasteiger partial charge is 0.323 e. The minimum absolute atomic E-state index is 0.0663. The number of anilines is 2. The van der Waals surface area contributed by atoms with Gasteiger partial charge in [-0.15, -0.1) is 0 Å². The van der Waals surface area contributed by atoms with Crippen molar-refractivity contribution in [1.82, 2.24) is 32.1 Å². The molecule has 0 bridgehead atoms. The number of urea groups is 1. The zero-order chi connectivity index (χ0) is 23.8. The molecule has 4 rings (SSSR count). The van der Waals surface area contributed by atoms with E-state index in [0.717, 1.165) is 43.0 Å². The number of azo groups is 1. The molecule has 0 radical (unpaired) electrons. The smallest absolute Gasteiger partial charge is 0.308 e. The summed E-state index contributed by atoms with van der Waals surface area (Å²) in [5.74, 6) is 0. The Morgan fingerprint density at radius 3 is 1.94 bits per heavy atom. The molecular formula is C23H34N10O. The Hall–Kier alpha value is -2.93. The van der Waals surface area contributed by atoms with Crippen LogP contribution in [0.15, 0.2) is 58.8 Å². The van der Waals surface area contributed by atoms with Crippen LogP contribution in [0.1, 0.15) is 37.1 Å². The predicted octanol–water partition coefficient (Wildman–Crippen LogP) is 1.95. The Morgan fingerprint density at radius 2 is 1.35 bits per heavy atom. The van der Waals surface area contributed by atoms with Crippen LogP contribution < -0.4 is 42.8 Å². The van der Waals surface area contributed by atoms with Crippen molar-refractivity contribution >= 4 is 17.4 Å². The van der Waals surface area contributed by atoms with E-state index in [1.165, 1.54) is 0 Å². The first-order chi connectivity index (χ1) is 16.6. The third kappa shape index (κ3) is 7.03. The van der Waals surface area contributed by atoms with Crippen LogP contribution in [-0.4, -0.2) is 44.8 Å². The topological polar surface area (TPSA) is 138 Å². The number of hydrazine groups is 1. The molecule has 0 aliphatic carbocycles. The molecule has 2 aromatic carbocycles. The lowest BCUT2D eigenvalue weighted by atomic mass is 10.1. The Morgan fingerprint density at radius 1 is 0.824 bits per heavy atom. The summed E-state index contributed by atoms with van der Waals surface area (Å²) in [5.41, 5.74) is 10.1. The highest BCUT2D eigenvalue weighted by molar-refractivity contribution is 5.99. The number of nitrogens with zero attached hydrogens (tertiary/aromatic N) is 2. The highest BCUT2D eigenvalue weighted by Crippen LogP contribution is 2.20. The number of amides is 2. The Labute approximate surface area is 199 Å². The second-order valence-electron chi connectivity index (χ2n) is 8.39. The summed E-state index contributed by atoms with van der Waals surface area (Å²) in [4.78, 5) is 12.4. The maximum absolute atomic E-state index is 12.4. The summed E-state index contributed by atoms with van der Waals surface area (Å²) in [6, 6.07) is 15.1. The van der Waals surface area contributed by atoms with Gasteiger partial charge in [-0.1, -0.05) is 24.3 Å². The molecule has 2 aliphatic rings. The van der Waals surface area contributed by atoms with Crippen molar-refractivity contribution in [2.24, 2.45) is 10.2 Å². The molecule has 2 amide bonds. The van der Waals surface area contributed by atoms with Gasteiger partial charge < -0.3 is 10.6 Å². The summed E-state index contributed by atoms with van der Waals surface area (Å²) in [5, 5.41) is 27.3. The molecule has 2 aromatic rings. The molecular weight excluding hydrogens is 432 g/mol. The second-order valence-corrected chi connectivity index (χ2v) is 8.39. The molecule has 182 valence electrons. The number of carbonyl (C=O) groups is 1. The second kappa shape index (κ2) is 12.0. The number of hydrogen-bond acceptors (Lipinski definition) is 9. The van der Waals surface area contributed by atoms with Gasteiger partial charge in [-0.05, 0) is 49.2 Å². The highest BCUT2D eigenvalue weighted by Gasteiger charge is 2.14. The van der Waals surface area contributed by atoms with Crippen molar-refractivity contribution in [2.75, 3.05) is 36.8 Å². The Balaban J connectivity index is 1.22. The molecule has 0 spiro atoms. The van der Waals surface area contributed by atoms with Crippen LogP contribution in [-0.2, 0) is 0 Å². The van der Waals surface area contributed by atoms with E-state index in [1.807, 2.05) is 55.5 Å². The van der Waals surface area contributed by atoms with Crippen LogP contribution in [0.2, 0.25) is 0 Å². The van der Waals surface area contributed by atoms with Crippen LogP contribution >= 0.6 is 0 Å². The van der Waals surface area contributed by atoms with Gasteiger partial charge in [0.1, 0.15) is 6.29 Å². The normalized spacial score (nSPS) is 18.9. The van der Waals surface area contributed by atoms with Crippen LogP contribution in [0.5, 0.6) is 0 Å². The van der Waals surface area contributed by atoms with Crippen LogP contribution in [0.4, 0.5) is 16.2 Å². The molecule has 11 heteroatoms. The van der Waals surface area contributed by atoms with E-state index < -0.39 is 0 Å². The lowest BCUT2D eigenvalue weighted by molar-refractivity contribution is 0.262. The van der Waals surface area contributed by atoms with Gasteiger partial charge in [-0.25, -0.2) is 15.6 Å². The Bertz CT molecular complexity index is 937. The van der Waals surface area contributed by atoms with Crippen molar-refractivity contribution in [3.05, 3.63) is 59.7 Å². The number of carbonyl (C=O) groups excluding carboxylic acids is 1. The summed E-state index contributed by atoms with van der Waals surface area (Å²) in [6.07, 6.45) is -0.0379. The monoisotopic (exact) mass is 466 g/mol. The van der Waals surface area contributed by atoms with Crippen LogP contribution in [0.25, 0.3) is 0 Å². The molecule has 8 N–H and O–H groups in total. The predicted molar refractivity (Wildman–Crippen MR) is 133 cm³/mol. The van der Waals surface area contributed by atoms with E-state index in [9.17, 15) is 4.79 Å². The highest BCUT2D eigenvalue weighted by atomic mass is 16.2. The SMILES string of the molecule is CC(N=NC1NCCN1)c1ccc(NC(=O)Nc2ccc(C(C)NNC3NCCN3)cc2)cc1. The van der Waals surface area contributed by atoms with Gasteiger partial charge >= 0.3 is 6.03 Å². The van der Waals surface area contributed by atoms with Gasteiger partial charge in [0.05, 0.1) is 6.04 Å². The van der Waals surface area contributed by atoms with Crippen molar-refractivity contribution in [3.63, 3.8) is 0 Å². The molecule has 2 atom stereocenters. The van der Waals surface area contributed by atoms with E-state index in [-0.39, 0.29) is 30.7 Å². The first-order valence-corrected chi connectivity index (χ1v) is 11.7. The maximum Gasteiger partial charge on any atom is 0.323 e. The molecule has 2 aliphatic heterocycles. The number of nitrogens with one attached hydrogen (secondary N) is 8. The fraction of sp³-hybridized carbons (Fsp3) is 0.435. The van der Waals surface area contributed by atoms with Gasteiger partial charge in [-0.2, -0.15) is 10.2 Å². The number of benzene rings is 2. The van der Waals surface area contributed by atoms with Gasteiger partial charge in [0.2, 0.25) is 0 Å². The molecule has 11 nitrogen and oxygen atoms in total. The van der Waals surface area contributed by atoms with E-state index in [1.54, 1.807) is 0 Å². The van der Waals surface area contributed by atoms with Crippen molar-refractivity contribution in [1.29, 1.82) is 0 Å². The fourth-order valence-electron chi connectivity index (χ4n) is 3.70. The van der Waals surface area contributed by atoms with Crippen molar-refractivity contribution in [2.45, 2.75) is 38.5 Å². The summed E-state index contributed by atoms with van der Waals surface area (Å²) in [6.45, 7) is 7.75. The minimum atomic E-state index is -0.294. The summed E-state index contributed by atoms with van der Waals surface area (Å²) >= 11 is 0. The fourth-order valence-corrected chi connectivity index (χ4v) is 3.70. The van der Waals surface area contributed by atoms with E-state index in [4.69, 9.17) is 0 Å².